The van der Waals surface area contributed by atoms with Gasteiger partial charge in [-0.2, -0.15) is 0 Å². The zero-order valence-corrected chi connectivity index (χ0v) is 68.7. The maximum atomic E-state index is 7.31. The highest BCUT2D eigenvalue weighted by atomic mass is 28.4. The molecule has 12 rings (SSSR count). The standard InChI is InChI=1S/C54H62N4OSi4.C24H23NSi.C8H18OSi2/c1-60(2,47-33-29-45(30-34-47)53-55-49(41-21-13-9-14-22-41)50(56-53)42-23-15-10-16-24-42)37-39-62(5,6)59-63(7,8)40-38-61(3,4)48-35-31-46(32-36-48)54-57-51(43-25-17-11-18-26-43)52(58-54)44-27-19-12-20-28-44;1-26(2)21-15-13-19(14-16-21)23-17-22(18-9-5-3-6-10-18)24(25-23)20-11-7-4-8-12-20;1-7-10(3,4)9-11(5,6)8-2/h9-36H,37-40H2,1-8H3,(H,55,56)(H,57,58);3-16,26H,17H2,1-2H3;7-8H,1-2H2,3-6H3. The first-order valence-electron chi connectivity index (χ1n) is 35.5. The molecule has 2 N–H and O–H groups in total. The number of rotatable bonds is 24. The van der Waals surface area contributed by atoms with Gasteiger partial charge in [-0.25, -0.2) is 9.97 Å². The van der Waals surface area contributed by atoms with E-state index < -0.39 is 58.2 Å². The van der Waals surface area contributed by atoms with Crippen LogP contribution in [-0.4, -0.2) is 83.9 Å². The molecule has 3 heterocycles. The average Bonchev–Trinajstić information content (AvgIpc) is 1.65. The predicted octanol–water partition coefficient (Wildman–Crippen LogP) is 22.1. The first-order valence-corrected chi connectivity index (χ1v) is 57.0. The maximum Gasteiger partial charge on any atom is 0.198 e. The van der Waals surface area contributed by atoms with E-state index in [4.69, 9.17) is 23.2 Å². The quantitative estimate of drug-likeness (QED) is 0.0590. The van der Waals surface area contributed by atoms with Gasteiger partial charge in [0.25, 0.3) is 0 Å². The fourth-order valence-electron chi connectivity index (χ4n) is 13.0. The lowest BCUT2D eigenvalue weighted by Crippen LogP contribution is -2.49. The van der Waals surface area contributed by atoms with Crippen molar-refractivity contribution in [3.05, 3.63) is 296 Å². The number of allylic oxidation sites excluding steroid dienone is 1. The number of hydrogen-bond acceptors (Lipinski definition) is 5. The smallest absolute Gasteiger partial charge is 0.198 e. The number of H-pyrrole nitrogens is 2. The molecule has 0 atom stereocenters. The van der Waals surface area contributed by atoms with E-state index in [9.17, 15) is 0 Å². The molecule has 11 aromatic rings. The highest BCUT2D eigenvalue weighted by molar-refractivity contribution is 6.93. The summed E-state index contributed by atoms with van der Waals surface area (Å²) in [4.78, 5) is 22.7. The molecular weight excluding hydrogens is 1330 g/mol. The van der Waals surface area contributed by atoms with Crippen LogP contribution in [0.25, 0.3) is 79.1 Å². The van der Waals surface area contributed by atoms with Crippen molar-refractivity contribution in [2.45, 2.75) is 122 Å². The Morgan fingerprint density at radius 3 is 1.05 bits per heavy atom. The van der Waals surface area contributed by atoms with Crippen molar-refractivity contribution < 1.29 is 8.23 Å². The summed E-state index contributed by atoms with van der Waals surface area (Å²) in [7, 11) is -11.1. The maximum absolute atomic E-state index is 7.31. The second-order valence-electron chi connectivity index (χ2n) is 30.4. The summed E-state index contributed by atoms with van der Waals surface area (Å²) in [5.74, 6) is 1.81. The lowest BCUT2D eigenvalue weighted by molar-refractivity contribution is 0.541. The minimum atomic E-state index is -1.90. The van der Waals surface area contributed by atoms with Gasteiger partial charge in [0.2, 0.25) is 0 Å². The molecule has 512 valence electrons. The Morgan fingerprint density at radius 2 is 0.700 bits per heavy atom. The Morgan fingerprint density at radius 1 is 0.370 bits per heavy atom. The summed E-state index contributed by atoms with van der Waals surface area (Å²) in [5.41, 5.74) is 22.0. The molecule has 0 fully saturated rings. The fraction of sp³-hybridized carbons (Fsp3) is 0.221. The molecule has 0 saturated heterocycles. The molecule has 0 bridgehead atoms. The summed E-state index contributed by atoms with van der Waals surface area (Å²) in [6, 6.07) is 95.6. The number of aliphatic imine (C=N–C) groups is 1. The van der Waals surface area contributed by atoms with Crippen LogP contribution in [0.3, 0.4) is 0 Å². The molecule has 1 aliphatic rings. The van der Waals surface area contributed by atoms with Crippen LogP contribution in [0, 0.1) is 0 Å². The molecule has 7 nitrogen and oxygen atoms in total. The molecule has 0 radical (unpaired) electrons. The van der Waals surface area contributed by atoms with E-state index in [0.29, 0.717) is 0 Å². The van der Waals surface area contributed by atoms with Gasteiger partial charge in [-0.1, -0.05) is 333 Å². The van der Waals surface area contributed by atoms with Crippen molar-refractivity contribution in [2.24, 2.45) is 4.99 Å². The third-order valence-corrected chi connectivity index (χ3v) is 42.2. The van der Waals surface area contributed by atoms with Crippen molar-refractivity contribution in [2.75, 3.05) is 0 Å². The fourth-order valence-corrected chi connectivity index (χ4v) is 39.4. The molecular formula is C86H103N5O2Si7. The molecule has 100 heavy (non-hydrogen) atoms. The van der Waals surface area contributed by atoms with Crippen LogP contribution >= 0.6 is 0 Å². The van der Waals surface area contributed by atoms with E-state index in [1.165, 1.54) is 67.7 Å². The Hall–Kier alpha value is -8.27. The highest BCUT2D eigenvalue weighted by Crippen LogP contribution is 2.39. The third-order valence-electron chi connectivity index (χ3n) is 19.2. The van der Waals surface area contributed by atoms with Gasteiger partial charge < -0.3 is 18.2 Å². The zero-order valence-electron chi connectivity index (χ0n) is 61.6. The number of aromatic nitrogens is 4. The second kappa shape index (κ2) is 32.6. The van der Waals surface area contributed by atoms with Crippen LogP contribution in [0.1, 0.15) is 23.1 Å². The largest absolute Gasteiger partial charge is 0.456 e. The van der Waals surface area contributed by atoms with Gasteiger partial charge in [-0.3, -0.25) is 4.99 Å². The molecule has 14 heteroatoms. The summed E-state index contributed by atoms with van der Waals surface area (Å²) in [6.07, 6.45) is 0.882. The monoisotopic (exact) mass is 1430 g/mol. The lowest BCUT2D eigenvalue weighted by atomic mass is 9.96. The van der Waals surface area contributed by atoms with Crippen molar-refractivity contribution in [1.29, 1.82) is 0 Å². The van der Waals surface area contributed by atoms with Gasteiger partial charge in [-0.05, 0) is 81.2 Å². The number of nitrogens with zero attached hydrogens (tertiary/aromatic N) is 3. The molecule has 0 saturated carbocycles. The van der Waals surface area contributed by atoms with Crippen molar-refractivity contribution >= 4 is 90.8 Å². The van der Waals surface area contributed by atoms with E-state index in [1.54, 1.807) is 0 Å². The molecule has 2 aromatic heterocycles. The topological polar surface area (TPSA) is 88.2 Å². The Balaban J connectivity index is 0.000000237. The van der Waals surface area contributed by atoms with Crippen LogP contribution in [0.4, 0.5) is 0 Å². The first kappa shape index (κ1) is 74.4. The van der Waals surface area contributed by atoms with Crippen LogP contribution < -0.4 is 15.6 Å². The first-order chi connectivity index (χ1) is 47.7. The van der Waals surface area contributed by atoms with E-state index >= 15 is 0 Å². The molecule has 9 aromatic carbocycles. The summed E-state index contributed by atoms with van der Waals surface area (Å²) >= 11 is 0. The predicted molar refractivity (Wildman–Crippen MR) is 452 cm³/mol. The minimum Gasteiger partial charge on any atom is -0.456 e. The van der Waals surface area contributed by atoms with Gasteiger partial charge in [0.15, 0.2) is 33.3 Å². The van der Waals surface area contributed by atoms with E-state index in [2.05, 4.69) is 370 Å². The zero-order chi connectivity index (χ0) is 71.3. The lowest BCUT2D eigenvalue weighted by Gasteiger charge is -2.37. The normalized spacial score (nSPS) is 12.9. The van der Waals surface area contributed by atoms with Gasteiger partial charge in [0, 0.05) is 45.4 Å². The van der Waals surface area contributed by atoms with Crippen LogP contribution in [0.15, 0.2) is 284 Å². The number of imidazole rings is 2. The Labute approximate surface area is 605 Å². The molecule has 0 unspecified atom stereocenters. The summed E-state index contributed by atoms with van der Waals surface area (Å²) in [5, 5.41) is 4.49. The van der Waals surface area contributed by atoms with Crippen LogP contribution in [-0.2, 0) is 8.23 Å². The third kappa shape index (κ3) is 19.6. The van der Waals surface area contributed by atoms with Gasteiger partial charge in [0.1, 0.15) is 11.6 Å². The Kier molecular flexibility index (Phi) is 24.2. The molecule has 0 spiro atoms. The van der Waals surface area contributed by atoms with Crippen molar-refractivity contribution in [3.63, 3.8) is 0 Å². The van der Waals surface area contributed by atoms with Crippen molar-refractivity contribution in [1.82, 2.24) is 19.9 Å². The van der Waals surface area contributed by atoms with E-state index in [1.807, 2.05) is 11.4 Å². The Bertz CT molecular complexity index is 4210. The van der Waals surface area contributed by atoms with Crippen LogP contribution in [0.5, 0.6) is 0 Å². The molecule has 0 aliphatic carbocycles. The summed E-state index contributed by atoms with van der Waals surface area (Å²) in [6.45, 7) is 40.8. The molecule has 1 aliphatic heterocycles. The number of nitrogens with one attached hydrogen (secondary N) is 2. The number of benzene rings is 9. The van der Waals surface area contributed by atoms with Gasteiger partial charge in [-0.15, -0.1) is 13.2 Å². The second-order valence-corrected chi connectivity index (χ2v) is 60.0. The average molecular weight is 1440 g/mol. The SMILES string of the molecule is C=C[Si](C)(C)O[Si](C)(C)C=C.C[SiH](C)c1ccc(C2=NC(c3ccccc3)=C(c3ccccc3)C2)cc1.C[Si](C)(CC[Si](C)(C)c1ccc(-c2nc(-c3ccccc3)c(-c3ccccc3)[nH]2)cc1)O[Si](C)(C)CC[Si](C)(C)c1ccc(-c2nc(-c3ccccc3)c(-c3ccccc3)[nH]2)cc1. The van der Waals surface area contributed by atoms with Crippen molar-refractivity contribution in [3.8, 4) is 67.8 Å². The van der Waals surface area contributed by atoms with Gasteiger partial charge >= 0.3 is 0 Å². The van der Waals surface area contributed by atoms with E-state index in [0.717, 1.165) is 79.9 Å². The number of hydrogen-bond donors (Lipinski definition) is 2. The molecule has 0 amide bonds. The summed E-state index contributed by atoms with van der Waals surface area (Å²) < 4.78 is 13.3. The van der Waals surface area contributed by atoms with Gasteiger partial charge in [0.05, 0.1) is 59.1 Å². The van der Waals surface area contributed by atoms with E-state index in [-0.39, 0.29) is 0 Å². The van der Waals surface area contributed by atoms with Crippen LogP contribution in [0.2, 0.25) is 116 Å². The number of aromatic amines is 2. The highest BCUT2D eigenvalue weighted by Gasteiger charge is 2.38. The minimum absolute atomic E-state index is 0.756.